The summed E-state index contributed by atoms with van der Waals surface area (Å²) in [7, 11) is -7.82. The monoisotopic (exact) mass is 511 g/mol. The second-order valence-electron chi connectivity index (χ2n) is 9.32. The number of aromatic hydroxyl groups is 1. The van der Waals surface area contributed by atoms with Gasteiger partial charge in [0.1, 0.15) is 16.6 Å². The van der Waals surface area contributed by atoms with Gasteiger partial charge in [-0.1, -0.05) is 32.9 Å². The van der Waals surface area contributed by atoms with Crippen molar-refractivity contribution in [2.45, 2.75) is 45.0 Å². The van der Waals surface area contributed by atoms with E-state index < -0.39 is 42.6 Å². The fourth-order valence-electron chi connectivity index (χ4n) is 3.38. The maximum atomic E-state index is 13.4. The van der Waals surface area contributed by atoms with Crippen LogP contribution in [-0.4, -0.2) is 55.1 Å². The molecule has 11 nitrogen and oxygen atoms in total. The Morgan fingerprint density at radius 2 is 1.97 bits per heavy atom. The highest BCUT2D eigenvalue weighted by molar-refractivity contribution is 7.91. The molecule has 0 aromatic carbocycles. The van der Waals surface area contributed by atoms with Crippen LogP contribution in [0.15, 0.2) is 57.5 Å². The number of allylic oxidation sites excluding steroid dienone is 1. The minimum Gasteiger partial charge on any atom is -0.507 e. The molecule has 0 saturated carbocycles. The fraction of sp³-hybridized carbons (Fsp3) is 0.429. The Bertz CT molecular complexity index is 1380. The van der Waals surface area contributed by atoms with E-state index in [0.717, 1.165) is 6.26 Å². The van der Waals surface area contributed by atoms with Crippen molar-refractivity contribution in [1.82, 2.24) is 19.8 Å². The summed E-state index contributed by atoms with van der Waals surface area (Å²) in [4.78, 5) is 13.4. The van der Waals surface area contributed by atoms with Crippen LogP contribution in [0.5, 0.6) is 5.75 Å². The number of rotatable bonds is 5. The lowest BCUT2D eigenvalue weighted by atomic mass is 9.92. The van der Waals surface area contributed by atoms with Crippen LogP contribution < -0.4 is 15.6 Å². The number of fused-ring (bicyclic) bond motifs is 1. The summed E-state index contributed by atoms with van der Waals surface area (Å²) in [6.07, 6.45) is 7.25. The van der Waals surface area contributed by atoms with Gasteiger partial charge in [-0.15, -0.1) is 4.40 Å². The van der Waals surface area contributed by atoms with E-state index in [0.29, 0.717) is 13.0 Å². The van der Waals surface area contributed by atoms with Crippen LogP contribution in [0.25, 0.3) is 0 Å². The molecule has 34 heavy (non-hydrogen) atoms. The Labute approximate surface area is 198 Å². The van der Waals surface area contributed by atoms with Crippen molar-refractivity contribution in [2.24, 2.45) is 9.81 Å². The van der Waals surface area contributed by atoms with Crippen LogP contribution in [-0.2, 0) is 26.6 Å². The molecule has 2 unspecified atom stereocenters. The molecule has 0 saturated heterocycles. The number of hydrogen-bond acceptors (Lipinski definition) is 7. The van der Waals surface area contributed by atoms with Crippen molar-refractivity contribution in [1.29, 1.82) is 0 Å². The van der Waals surface area contributed by atoms with E-state index in [4.69, 9.17) is 0 Å². The highest BCUT2D eigenvalue weighted by Gasteiger charge is 2.39. The quantitative estimate of drug-likeness (QED) is 0.456. The number of nitrogens with zero attached hydrogens (tertiary/aromatic N) is 2. The Hall–Kier alpha value is -3.06. The second kappa shape index (κ2) is 9.29. The first-order chi connectivity index (χ1) is 15.7. The van der Waals surface area contributed by atoms with Crippen LogP contribution in [0.1, 0.15) is 32.8 Å². The molecule has 1 aliphatic heterocycles. The lowest BCUT2D eigenvalue weighted by Crippen LogP contribution is -2.52. The smallest absolute Gasteiger partial charge is 0.279 e. The SMILES string of the molecule is CC(C)(C)CCn1[nH]ccccc(O)c(C2=NS(=O)(=O)C3C=C(NS(C)(=O)=O)C=CC3N2)c1=O. The van der Waals surface area contributed by atoms with Gasteiger partial charge in [0.25, 0.3) is 15.6 Å². The molecule has 0 fully saturated rings. The predicted molar refractivity (Wildman–Crippen MR) is 130 cm³/mol. The highest BCUT2D eigenvalue weighted by atomic mass is 32.2. The van der Waals surface area contributed by atoms with Crippen LogP contribution in [0.3, 0.4) is 0 Å². The molecule has 1 aliphatic carbocycles. The number of aryl methyl sites for hydroxylation is 1. The molecule has 1 aromatic heterocycles. The maximum Gasteiger partial charge on any atom is 0.279 e. The average molecular weight is 512 g/mol. The third-order valence-corrected chi connectivity index (χ3v) is 7.24. The second-order valence-corrected chi connectivity index (χ2v) is 12.8. The minimum absolute atomic E-state index is 0.0810. The molecule has 4 N–H and O–H groups in total. The highest BCUT2D eigenvalue weighted by Crippen LogP contribution is 2.25. The minimum atomic E-state index is -4.21. The van der Waals surface area contributed by atoms with E-state index in [-0.39, 0.29) is 22.5 Å². The van der Waals surface area contributed by atoms with E-state index in [9.17, 15) is 26.7 Å². The lowest BCUT2D eigenvalue weighted by Gasteiger charge is -2.30. The zero-order valence-corrected chi connectivity index (χ0v) is 20.9. The van der Waals surface area contributed by atoms with Gasteiger partial charge in [0.05, 0.1) is 12.3 Å². The molecule has 0 spiro atoms. The third kappa shape index (κ3) is 6.29. The largest absolute Gasteiger partial charge is 0.507 e. The first kappa shape index (κ1) is 25.6. The molecule has 0 radical (unpaired) electrons. The van der Waals surface area contributed by atoms with Crippen LogP contribution in [0, 0.1) is 5.41 Å². The van der Waals surface area contributed by atoms with Gasteiger partial charge in [-0.2, -0.15) is 0 Å². The Kier molecular flexibility index (Phi) is 6.99. The Balaban J connectivity index is 2.13. The normalized spacial score (nSPS) is 21.4. The summed E-state index contributed by atoms with van der Waals surface area (Å²) >= 11 is 0. The number of amidine groups is 1. The number of nitrogens with one attached hydrogen (secondary N) is 3. The van der Waals surface area contributed by atoms with Crippen LogP contribution in [0.4, 0.5) is 0 Å². The van der Waals surface area contributed by atoms with E-state index >= 15 is 0 Å². The number of aromatic amines is 1. The molecule has 13 heteroatoms. The molecule has 2 aliphatic rings. The molecule has 1 aromatic rings. The zero-order chi connectivity index (χ0) is 25.3. The zero-order valence-electron chi connectivity index (χ0n) is 19.3. The van der Waals surface area contributed by atoms with Gasteiger partial charge in [-0.3, -0.25) is 14.2 Å². The summed E-state index contributed by atoms with van der Waals surface area (Å²) in [5.74, 6) is -0.746. The number of sulfonamides is 2. The van der Waals surface area contributed by atoms with Crippen molar-refractivity contribution < 1.29 is 21.9 Å². The van der Waals surface area contributed by atoms with Crippen molar-refractivity contribution in [2.75, 3.05) is 6.26 Å². The van der Waals surface area contributed by atoms with Crippen molar-refractivity contribution in [3.05, 3.63) is 64.2 Å². The van der Waals surface area contributed by atoms with Crippen LogP contribution >= 0.6 is 0 Å². The summed E-state index contributed by atoms with van der Waals surface area (Å²) in [5, 5.41) is 15.2. The number of hydrogen-bond donors (Lipinski definition) is 4. The van der Waals surface area contributed by atoms with Gasteiger partial charge < -0.3 is 15.5 Å². The third-order valence-electron chi connectivity index (χ3n) is 5.08. The maximum absolute atomic E-state index is 13.4. The molecular formula is C21H29N5O6S2. The standard InChI is InChI=1S/C21H29N5O6S2/c1-21(2,3)10-12-26-20(28)18(16(27)7-5-6-11-22-26)19-23-15-9-8-14(24-33(4,29)30)13-17(15)34(31,32)25-19/h5-9,11,13,15,17,22,24,27H,10,12H2,1-4H3,(H,23,25). The summed E-state index contributed by atoms with van der Waals surface area (Å²) < 4.78 is 56.3. The van der Waals surface area contributed by atoms with Crippen molar-refractivity contribution >= 4 is 25.9 Å². The first-order valence-corrected chi connectivity index (χ1v) is 13.9. The lowest BCUT2D eigenvalue weighted by molar-refractivity contribution is 0.336. The summed E-state index contributed by atoms with van der Waals surface area (Å²) in [5.41, 5.74) is -0.948. The number of H-pyrrole nitrogens is 1. The molecule has 186 valence electrons. The van der Waals surface area contributed by atoms with Crippen LogP contribution in [0.2, 0.25) is 0 Å². The Morgan fingerprint density at radius 1 is 1.26 bits per heavy atom. The molecule has 3 rings (SSSR count). The predicted octanol–water partition coefficient (Wildman–Crippen LogP) is 0.862. The van der Waals surface area contributed by atoms with E-state index in [1.165, 1.54) is 41.2 Å². The molecule has 0 amide bonds. The molecular weight excluding hydrogens is 482 g/mol. The van der Waals surface area contributed by atoms with E-state index in [1.807, 2.05) is 20.8 Å². The average Bonchev–Trinajstić information content (AvgIpc) is 2.74. The first-order valence-electron chi connectivity index (χ1n) is 10.5. The van der Waals surface area contributed by atoms with Gasteiger partial charge in [-0.25, -0.2) is 16.8 Å². The topological polar surface area (TPSA) is 163 Å². The molecule has 0 bridgehead atoms. The van der Waals surface area contributed by atoms with Crippen molar-refractivity contribution in [3.8, 4) is 5.75 Å². The van der Waals surface area contributed by atoms with Gasteiger partial charge in [-0.05, 0) is 36.1 Å². The van der Waals surface area contributed by atoms with E-state index in [1.54, 1.807) is 6.07 Å². The van der Waals surface area contributed by atoms with Gasteiger partial charge in [0.2, 0.25) is 10.0 Å². The fourth-order valence-corrected chi connectivity index (χ4v) is 5.32. The number of aromatic nitrogens is 2. The molecule has 2 atom stereocenters. The summed E-state index contributed by atoms with van der Waals surface area (Å²) in [6, 6.07) is 3.52. The summed E-state index contributed by atoms with van der Waals surface area (Å²) in [6.45, 7) is 6.36. The molecule has 2 heterocycles. The van der Waals surface area contributed by atoms with E-state index in [2.05, 4.69) is 19.5 Å². The van der Waals surface area contributed by atoms with Gasteiger partial charge >= 0.3 is 0 Å². The van der Waals surface area contributed by atoms with Crippen molar-refractivity contribution in [3.63, 3.8) is 0 Å². The van der Waals surface area contributed by atoms with Gasteiger partial charge in [0, 0.05) is 18.4 Å². The Morgan fingerprint density at radius 3 is 2.62 bits per heavy atom. The van der Waals surface area contributed by atoms with Gasteiger partial charge in [0.15, 0.2) is 5.84 Å².